The van der Waals surface area contributed by atoms with E-state index in [-0.39, 0.29) is 24.3 Å². The summed E-state index contributed by atoms with van der Waals surface area (Å²) >= 11 is 0. The minimum Gasteiger partial charge on any atom is -0.467 e. The van der Waals surface area contributed by atoms with Crippen molar-refractivity contribution < 1.29 is 18.1 Å². The first-order chi connectivity index (χ1) is 16.5. The quantitative estimate of drug-likeness (QED) is 0.399. The van der Waals surface area contributed by atoms with Crippen LogP contribution in [0.2, 0.25) is 0 Å². The van der Waals surface area contributed by atoms with Crippen molar-refractivity contribution in [2.24, 2.45) is 0 Å². The highest BCUT2D eigenvalue weighted by molar-refractivity contribution is 5.86. The van der Waals surface area contributed by atoms with Crippen LogP contribution in [0.25, 0.3) is 17.0 Å². The number of nitrogens with one attached hydrogen (secondary N) is 1. The van der Waals surface area contributed by atoms with Gasteiger partial charge < -0.3 is 14.3 Å². The standard InChI is InChI=1S/C26H23FN4O3/c1-3-17-6-8-19(9-7-17)24-29-25(34-30-24)22-16(2)31(15-21-5-4-14-33-21)26(32)28-23(22)18-10-12-20(27)13-11-18/h4-14,23H,3,15H2,1-2H3,(H,28,32). The van der Waals surface area contributed by atoms with E-state index < -0.39 is 6.04 Å². The number of benzene rings is 2. The Balaban J connectivity index is 1.58. The van der Waals surface area contributed by atoms with E-state index in [2.05, 4.69) is 22.4 Å². The number of halogens is 1. The average Bonchev–Trinajstić information content (AvgIpc) is 3.54. The Morgan fingerprint density at radius 2 is 1.85 bits per heavy atom. The highest BCUT2D eigenvalue weighted by Gasteiger charge is 2.36. The Labute approximate surface area is 195 Å². The zero-order valence-corrected chi connectivity index (χ0v) is 18.8. The summed E-state index contributed by atoms with van der Waals surface area (Å²) in [5.74, 6) is 1.01. The molecule has 34 heavy (non-hydrogen) atoms. The van der Waals surface area contributed by atoms with Gasteiger partial charge in [-0.25, -0.2) is 9.18 Å². The topological polar surface area (TPSA) is 84.4 Å². The lowest BCUT2D eigenvalue weighted by Crippen LogP contribution is -2.45. The average molecular weight is 458 g/mol. The van der Waals surface area contributed by atoms with Gasteiger partial charge in [0.05, 0.1) is 24.4 Å². The van der Waals surface area contributed by atoms with E-state index in [1.54, 1.807) is 35.4 Å². The van der Waals surface area contributed by atoms with Gasteiger partial charge in [-0.3, -0.25) is 4.90 Å². The van der Waals surface area contributed by atoms with Gasteiger partial charge in [0.15, 0.2) is 0 Å². The van der Waals surface area contributed by atoms with Crippen LogP contribution in [0.15, 0.2) is 81.6 Å². The highest BCUT2D eigenvalue weighted by atomic mass is 19.1. The molecule has 0 bridgehead atoms. The fraction of sp³-hybridized carbons (Fsp3) is 0.192. The lowest BCUT2D eigenvalue weighted by molar-refractivity contribution is 0.199. The summed E-state index contributed by atoms with van der Waals surface area (Å²) in [5, 5.41) is 7.18. The molecule has 0 aliphatic carbocycles. The summed E-state index contributed by atoms with van der Waals surface area (Å²) in [4.78, 5) is 19.3. The third kappa shape index (κ3) is 4.10. The Morgan fingerprint density at radius 1 is 1.09 bits per heavy atom. The van der Waals surface area contributed by atoms with Crippen molar-refractivity contribution in [1.82, 2.24) is 20.4 Å². The minimum absolute atomic E-state index is 0.240. The van der Waals surface area contributed by atoms with Gasteiger partial charge in [0.2, 0.25) is 5.82 Å². The van der Waals surface area contributed by atoms with E-state index in [1.807, 2.05) is 31.2 Å². The van der Waals surface area contributed by atoms with Crippen LogP contribution in [-0.4, -0.2) is 21.1 Å². The summed E-state index contributed by atoms with van der Waals surface area (Å²) in [7, 11) is 0. The van der Waals surface area contributed by atoms with Gasteiger partial charge >= 0.3 is 6.03 Å². The van der Waals surface area contributed by atoms with Crippen molar-refractivity contribution in [2.75, 3.05) is 0 Å². The molecule has 1 N–H and O–H groups in total. The van der Waals surface area contributed by atoms with Gasteiger partial charge in [0.25, 0.3) is 5.89 Å². The first kappa shape index (κ1) is 21.6. The van der Waals surface area contributed by atoms with E-state index in [9.17, 15) is 9.18 Å². The molecule has 172 valence electrons. The van der Waals surface area contributed by atoms with Crippen LogP contribution in [-0.2, 0) is 13.0 Å². The van der Waals surface area contributed by atoms with E-state index in [4.69, 9.17) is 8.94 Å². The number of carbonyl (C=O) groups is 1. The van der Waals surface area contributed by atoms with E-state index in [0.717, 1.165) is 12.0 Å². The number of amides is 2. The van der Waals surface area contributed by atoms with Crippen LogP contribution in [0.1, 0.15) is 42.7 Å². The van der Waals surface area contributed by atoms with Crippen molar-refractivity contribution in [3.05, 3.63) is 101 Å². The highest BCUT2D eigenvalue weighted by Crippen LogP contribution is 2.38. The molecular formula is C26H23FN4O3. The molecule has 5 rings (SSSR count). The van der Waals surface area contributed by atoms with Crippen molar-refractivity contribution in [2.45, 2.75) is 32.9 Å². The number of aryl methyl sites for hydroxylation is 1. The molecule has 3 heterocycles. The summed E-state index contributed by atoms with van der Waals surface area (Å²) in [6.45, 7) is 4.16. The molecule has 2 aromatic carbocycles. The predicted molar refractivity (Wildman–Crippen MR) is 124 cm³/mol. The second-order valence-electron chi connectivity index (χ2n) is 8.07. The first-order valence-electron chi connectivity index (χ1n) is 11.0. The van der Waals surface area contributed by atoms with Crippen molar-refractivity contribution in [3.63, 3.8) is 0 Å². The van der Waals surface area contributed by atoms with Gasteiger partial charge in [-0.2, -0.15) is 4.98 Å². The van der Waals surface area contributed by atoms with E-state index >= 15 is 0 Å². The predicted octanol–water partition coefficient (Wildman–Crippen LogP) is 5.73. The molecule has 4 aromatic rings. The van der Waals surface area contributed by atoms with Crippen molar-refractivity contribution in [1.29, 1.82) is 0 Å². The number of hydrogen-bond acceptors (Lipinski definition) is 5. The molecule has 1 aliphatic rings. The van der Waals surface area contributed by atoms with Gasteiger partial charge in [-0.05, 0) is 48.7 Å². The maximum atomic E-state index is 13.6. The second kappa shape index (κ2) is 8.97. The third-order valence-corrected chi connectivity index (χ3v) is 5.97. The van der Waals surface area contributed by atoms with Crippen LogP contribution in [0.4, 0.5) is 9.18 Å². The van der Waals surface area contributed by atoms with Crippen molar-refractivity contribution >= 4 is 11.6 Å². The van der Waals surface area contributed by atoms with Gasteiger partial charge in [0.1, 0.15) is 11.6 Å². The van der Waals surface area contributed by atoms with Gasteiger partial charge in [-0.1, -0.05) is 48.5 Å². The van der Waals surface area contributed by atoms with Crippen LogP contribution < -0.4 is 5.32 Å². The van der Waals surface area contributed by atoms with Crippen LogP contribution in [0.3, 0.4) is 0 Å². The second-order valence-corrected chi connectivity index (χ2v) is 8.07. The maximum Gasteiger partial charge on any atom is 0.322 e. The maximum absolute atomic E-state index is 13.6. The smallest absolute Gasteiger partial charge is 0.322 e. The Kier molecular flexibility index (Phi) is 5.71. The molecule has 1 unspecified atom stereocenters. The SMILES string of the molecule is CCc1ccc(-c2noc(C3=C(C)N(Cc4ccco4)C(=O)NC3c3ccc(F)cc3)n2)cc1. The number of nitrogens with zero attached hydrogens (tertiary/aromatic N) is 3. The molecule has 2 aromatic heterocycles. The molecule has 0 saturated carbocycles. The number of furan rings is 1. The van der Waals surface area contributed by atoms with E-state index in [0.29, 0.717) is 28.4 Å². The van der Waals surface area contributed by atoms with Crippen LogP contribution in [0.5, 0.6) is 0 Å². The van der Waals surface area contributed by atoms with Crippen LogP contribution in [0, 0.1) is 5.82 Å². The number of rotatable bonds is 6. The number of urea groups is 1. The summed E-state index contributed by atoms with van der Waals surface area (Å²) < 4.78 is 24.7. The number of hydrogen-bond donors (Lipinski definition) is 1. The normalized spacial score (nSPS) is 16.1. The third-order valence-electron chi connectivity index (χ3n) is 5.97. The van der Waals surface area contributed by atoms with E-state index in [1.165, 1.54) is 17.7 Å². The number of allylic oxidation sites excluding steroid dienone is 1. The molecule has 0 radical (unpaired) electrons. The fourth-order valence-corrected chi connectivity index (χ4v) is 4.05. The number of carbonyl (C=O) groups excluding carboxylic acids is 1. The van der Waals surface area contributed by atoms with Gasteiger partial charge in [-0.15, -0.1) is 0 Å². The summed E-state index contributed by atoms with van der Waals surface area (Å²) in [6.07, 6.45) is 2.50. The Morgan fingerprint density at radius 3 is 2.53 bits per heavy atom. The molecule has 0 fully saturated rings. The molecule has 1 aliphatic heterocycles. The molecule has 2 amide bonds. The summed E-state index contributed by atoms with van der Waals surface area (Å²) in [6, 6.07) is 16.6. The Hall–Kier alpha value is -4.20. The zero-order valence-electron chi connectivity index (χ0n) is 18.8. The molecule has 0 saturated heterocycles. The van der Waals surface area contributed by atoms with Crippen molar-refractivity contribution in [3.8, 4) is 11.4 Å². The lowest BCUT2D eigenvalue weighted by Gasteiger charge is -2.34. The fourth-order valence-electron chi connectivity index (χ4n) is 4.05. The first-order valence-corrected chi connectivity index (χ1v) is 11.0. The van der Waals surface area contributed by atoms with Gasteiger partial charge in [0, 0.05) is 11.3 Å². The zero-order chi connectivity index (χ0) is 23.7. The lowest BCUT2D eigenvalue weighted by atomic mass is 9.94. The molecule has 0 spiro atoms. The summed E-state index contributed by atoms with van der Waals surface area (Å²) in [5.41, 5.74) is 4.03. The number of aromatic nitrogens is 2. The minimum atomic E-state index is -0.586. The molecule has 8 heteroatoms. The molecular weight excluding hydrogens is 435 g/mol. The molecule has 1 atom stereocenters. The Bertz CT molecular complexity index is 1330. The molecule has 7 nitrogen and oxygen atoms in total. The van der Waals surface area contributed by atoms with Crippen LogP contribution >= 0.6 is 0 Å². The largest absolute Gasteiger partial charge is 0.467 e. The monoisotopic (exact) mass is 458 g/mol.